The van der Waals surface area contributed by atoms with Crippen LogP contribution in [-0.4, -0.2) is 44.3 Å². The zero-order valence-corrected chi connectivity index (χ0v) is 18.4. The Balaban J connectivity index is 1.58. The lowest BCUT2D eigenvalue weighted by Crippen LogP contribution is -2.26. The fourth-order valence-corrected chi connectivity index (χ4v) is 5.43. The van der Waals surface area contributed by atoms with Gasteiger partial charge in [0.15, 0.2) is 0 Å². The third-order valence-corrected chi connectivity index (χ3v) is 8.06. The van der Waals surface area contributed by atoms with Crippen molar-refractivity contribution >= 4 is 38.9 Å². The standard InChI is InChI=1S/C19H24ClN3O3S2/c1-23(2)28(25,26)13-9-10-15(20)14(12-13)19(24)21-11-5-8-18-22-16-6-3-4-7-17(16)27-18/h9-10,12H,3-8,11H2,1-2H3,(H,21,24). The third kappa shape index (κ3) is 4.74. The van der Waals surface area contributed by atoms with Gasteiger partial charge in [-0.15, -0.1) is 11.3 Å². The molecule has 2 aromatic rings. The van der Waals surface area contributed by atoms with E-state index in [1.54, 1.807) is 11.3 Å². The number of thiazole rings is 1. The summed E-state index contributed by atoms with van der Waals surface area (Å²) in [6, 6.07) is 4.16. The highest BCUT2D eigenvalue weighted by molar-refractivity contribution is 7.89. The van der Waals surface area contributed by atoms with Crippen molar-refractivity contribution in [3.05, 3.63) is 44.4 Å². The molecule has 3 rings (SSSR count). The normalized spacial score (nSPS) is 14.1. The summed E-state index contributed by atoms with van der Waals surface area (Å²) < 4.78 is 25.6. The van der Waals surface area contributed by atoms with Gasteiger partial charge in [0.25, 0.3) is 5.91 Å². The topological polar surface area (TPSA) is 79.4 Å². The van der Waals surface area contributed by atoms with Gasteiger partial charge in [-0.2, -0.15) is 0 Å². The quantitative estimate of drug-likeness (QED) is 0.668. The van der Waals surface area contributed by atoms with Gasteiger partial charge in [-0.05, 0) is 50.3 Å². The molecule has 1 aromatic carbocycles. The summed E-state index contributed by atoms with van der Waals surface area (Å²) in [5.41, 5.74) is 1.41. The van der Waals surface area contributed by atoms with Crippen LogP contribution in [-0.2, 0) is 29.3 Å². The molecule has 0 bridgehead atoms. The maximum atomic E-state index is 12.5. The number of hydrogen-bond donors (Lipinski definition) is 1. The molecule has 0 aliphatic heterocycles. The molecule has 28 heavy (non-hydrogen) atoms. The Morgan fingerprint density at radius 1 is 1.29 bits per heavy atom. The molecule has 1 aliphatic rings. The molecule has 6 nitrogen and oxygen atoms in total. The Morgan fingerprint density at radius 2 is 2.04 bits per heavy atom. The van der Waals surface area contributed by atoms with E-state index in [0.717, 1.165) is 35.0 Å². The van der Waals surface area contributed by atoms with E-state index < -0.39 is 10.0 Å². The first kappa shape index (κ1) is 21.2. The predicted molar refractivity (Wildman–Crippen MR) is 112 cm³/mol. The van der Waals surface area contributed by atoms with Crippen molar-refractivity contribution in [2.45, 2.75) is 43.4 Å². The summed E-state index contributed by atoms with van der Waals surface area (Å²) in [7, 11) is -0.736. The summed E-state index contributed by atoms with van der Waals surface area (Å²) in [4.78, 5) is 18.6. The number of halogens is 1. The van der Waals surface area contributed by atoms with Crippen LogP contribution in [0.25, 0.3) is 0 Å². The van der Waals surface area contributed by atoms with Gasteiger partial charge in [-0.3, -0.25) is 4.79 Å². The number of aromatic nitrogens is 1. The maximum absolute atomic E-state index is 12.5. The molecule has 0 saturated carbocycles. The zero-order chi connectivity index (χ0) is 20.3. The average molecular weight is 442 g/mol. The molecule has 1 heterocycles. The number of amides is 1. The lowest BCUT2D eigenvalue weighted by atomic mass is 10.0. The summed E-state index contributed by atoms with van der Waals surface area (Å²) in [5, 5.41) is 4.17. The van der Waals surface area contributed by atoms with Crippen LogP contribution in [0, 0.1) is 0 Å². The van der Waals surface area contributed by atoms with Crippen molar-refractivity contribution in [1.29, 1.82) is 0 Å². The lowest BCUT2D eigenvalue weighted by Gasteiger charge is -2.13. The largest absolute Gasteiger partial charge is 0.352 e. The Labute approximate surface area is 175 Å². The number of carbonyl (C=O) groups is 1. The summed E-state index contributed by atoms with van der Waals surface area (Å²) in [5.74, 6) is -0.376. The van der Waals surface area contributed by atoms with Crippen LogP contribution < -0.4 is 5.32 Å². The second kappa shape index (κ2) is 8.90. The molecule has 1 aliphatic carbocycles. The van der Waals surface area contributed by atoms with Crippen LogP contribution >= 0.6 is 22.9 Å². The summed E-state index contributed by atoms with van der Waals surface area (Å²) in [6.45, 7) is 0.476. The summed E-state index contributed by atoms with van der Waals surface area (Å²) >= 11 is 7.89. The first-order valence-electron chi connectivity index (χ1n) is 9.27. The van der Waals surface area contributed by atoms with Crippen molar-refractivity contribution in [3.8, 4) is 0 Å². The van der Waals surface area contributed by atoms with E-state index in [9.17, 15) is 13.2 Å². The molecule has 152 valence electrons. The van der Waals surface area contributed by atoms with E-state index in [1.165, 1.54) is 55.7 Å². The van der Waals surface area contributed by atoms with E-state index >= 15 is 0 Å². The SMILES string of the molecule is CN(C)S(=O)(=O)c1ccc(Cl)c(C(=O)NCCCc2nc3c(s2)CCCC3)c1. The van der Waals surface area contributed by atoms with E-state index in [-0.39, 0.29) is 21.4 Å². The molecular weight excluding hydrogens is 418 g/mol. The van der Waals surface area contributed by atoms with Gasteiger partial charge in [0.1, 0.15) is 0 Å². The fraction of sp³-hybridized carbons (Fsp3) is 0.474. The second-order valence-corrected chi connectivity index (χ2v) is 10.7. The number of hydrogen-bond acceptors (Lipinski definition) is 5. The number of carbonyl (C=O) groups excluding carboxylic acids is 1. The van der Waals surface area contributed by atoms with E-state index in [0.29, 0.717) is 6.54 Å². The molecule has 0 spiro atoms. The molecule has 0 unspecified atom stereocenters. The fourth-order valence-electron chi connectivity index (χ4n) is 3.10. The average Bonchev–Trinajstić information content (AvgIpc) is 3.08. The minimum absolute atomic E-state index is 0.0421. The number of benzene rings is 1. The Kier molecular flexibility index (Phi) is 6.75. The predicted octanol–water partition coefficient (Wildman–Crippen LogP) is 3.29. The zero-order valence-electron chi connectivity index (χ0n) is 16.0. The van der Waals surface area contributed by atoms with Crippen molar-refractivity contribution in [3.63, 3.8) is 0 Å². The van der Waals surface area contributed by atoms with Crippen LogP contribution in [0.5, 0.6) is 0 Å². The molecular formula is C19H24ClN3O3S2. The molecule has 0 fully saturated rings. The van der Waals surface area contributed by atoms with Gasteiger partial charge in [0, 0.05) is 31.9 Å². The van der Waals surface area contributed by atoms with Gasteiger partial charge < -0.3 is 5.32 Å². The number of fused-ring (bicyclic) bond motifs is 1. The monoisotopic (exact) mass is 441 g/mol. The lowest BCUT2D eigenvalue weighted by molar-refractivity contribution is 0.0953. The van der Waals surface area contributed by atoms with Gasteiger partial charge in [0.2, 0.25) is 10.0 Å². The smallest absolute Gasteiger partial charge is 0.252 e. The molecule has 1 amide bonds. The maximum Gasteiger partial charge on any atom is 0.252 e. The first-order valence-corrected chi connectivity index (χ1v) is 11.9. The minimum atomic E-state index is -3.62. The summed E-state index contributed by atoms with van der Waals surface area (Å²) in [6.07, 6.45) is 6.26. The highest BCUT2D eigenvalue weighted by Gasteiger charge is 2.21. The number of nitrogens with zero attached hydrogens (tertiary/aromatic N) is 2. The molecule has 9 heteroatoms. The highest BCUT2D eigenvalue weighted by atomic mass is 35.5. The molecule has 0 atom stereocenters. The Bertz CT molecular complexity index is 947. The van der Waals surface area contributed by atoms with E-state index in [2.05, 4.69) is 5.32 Å². The van der Waals surface area contributed by atoms with Gasteiger partial charge >= 0.3 is 0 Å². The van der Waals surface area contributed by atoms with Crippen LogP contribution in [0.2, 0.25) is 5.02 Å². The van der Waals surface area contributed by atoms with Crippen molar-refractivity contribution in [1.82, 2.24) is 14.6 Å². The van der Waals surface area contributed by atoms with Gasteiger partial charge in [-0.1, -0.05) is 11.6 Å². The molecule has 1 N–H and O–H groups in total. The highest BCUT2D eigenvalue weighted by Crippen LogP contribution is 2.27. The van der Waals surface area contributed by atoms with Crippen LogP contribution in [0.3, 0.4) is 0 Å². The first-order chi connectivity index (χ1) is 13.3. The number of aryl methyl sites for hydroxylation is 3. The Hall–Kier alpha value is -1.48. The van der Waals surface area contributed by atoms with Crippen molar-refractivity contribution in [2.75, 3.05) is 20.6 Å². The van der Waals surface area contributed by atoms with Crippen molar-refractivity contribution in [2.24, 2.45) is 0 Å². The van der Waals surface area contributed by atoms with Gasteiger partial charge in [0.05, 0.1) is 26.2 Å². The third-order valence-electron chi connectivity index (χ3n) is 4.70. The molecule has 1 aromatic heterocycles. The van der Waals surface area contributed by atoms with Gasteiger partial charge in [-0.25, -0.2) is 17.7 Å². The number of rotatable bonds is 7. The molecule has 0 saturated heterocycles. The second-order valence-electron chi connectivity index (χ2n) is 6.97. The van der Waals surface area contributed by atoms with Crippen LogP contribution in [0.4, 0.5) is 0 Å². The number of nitrogens with one attached hydrogen (secondary N) is 1. The van der Waals surface area contributed by atoms with Crippen LogP contribution in [0.1, 0.15) is 45.2 Å². The van der Waals surface area contributed by atoms with E-state index in [1.807, 2.05) is 0 Å². The van der Waals surface area contributed by atoms with Crippen LogP contribution in [0.15, 0.2) is 23.1 Å². The van der Waals surface area contributed by atoms with E-state index in [4.69, 9.17) is 16.6 Å². The Morgan fingerprint density at radius 3 is 2.75 bits per heavy atom. The minimum Gasteiger partial charge on any atom is -0.352 e. The number of sulfonamides is 1. The van der Waals surface area contributed by atoms with Crippen molar-refractivity contribution < 1.29 is 13.2 Å². The molecule has 0 radical (unpaired) electrons.